The Morgan fingerprint density at radius 1 is 1.06 bits per heavy atom. The molecule has 2 N–H and O–H groups in total. The van der Waals surface area contributed by atoms with Gasteiger partial charge in [0, 0.05) is 38.3 Å². The van der Waals surface area contributed by atoms with Crippen LogP contribution in [0, 0.1) is 11.8 Å². The summed E-state index contributed by atoms with van der Waals surface area (Å²) in [4.78, 5) is 55.4. The van der Waals surface area contributed by atoms with E-state index >= 15 is 0 Å². The van der Waals surface area contributed by atoms with Gasteiger partial charge in [-0.15, -0.1) is 0 Å². The van der Waals surface area contributed by atoms with Gasteiger partial charge in [0.25, 0.3) is 0 Å². The molecule has 0 spiro atoms. The lowest BCUT2D eigenvalue weighted by molar-refractivity contribution is -0.153. The van der Waals surface area contributed by atoms with Crippen LogP contribution in [-0.4, -0.2) is 72.4 Å². The second kappa shape index (κ2) is 9.87. The number of benzene rings is 2. The number of likely N-dealkylation sites (N-methyl/N-ethyl adjacent to an activating group) is 1. The number of fused-ring (bicyclic) bond motifs is 1. The Hall–Kier alpha value is -3.72. The minimum Gasteiger partial charge on any atom is -0.468 e. The number of hydrogen-bond acceptors (Lipinski definition) is 6. The Morgan fingerprint density at radius 2 is 1.69 bits per heavy atom. The van der Waals surface area contributed by atoms with Crippen LogP contribution in [0.2, 0.25) is 0 Å². The summed E-state index contributed by atoms with van der Waals surface area (Å²) in [5.41, 5.74) is 0.0416. The van der Waals surface area contributed by atoms with Crippen molar-refractivity contribution in [2.45, 2.75) is 24.9 Å². The van der Waals surface area contributed by atoms with Crippen LogP contribution in [0.25, 0.3) is 0 Å². The van der Waals surface area contributed by atoms with Gasteiger partial charge in [0.2, 0.25) is 11.8 Å². The predicted molar refractivity (Wildman–Crippen MR) is 129 cm³/mol. The van der Waals surface area contributed by atoms with Crippen LogP contribution in [0.3, 0.4) is 0 Å². The van der Waals surface area contributed by atoms with Crippen molar-refractivity contribution in [3.63, 3.8) is 0 Å². The summed E-state index contributed by atoms with van der Waals surface area (Å²) in [6, 6.07) is 17.4. The maximum Gasteiger partial charge on any atom is 0.327 e. The third-order valence-corrected chi connectivity index (χ3v) is 6.97. The number of esters is 1. The molecule has 4 amide bonds. The summed E-state index contributed by atoms with van der Waals surface area (Å²) in [7, 11) is 2.71. The maximum absolute atomic E-state index is 13.3. The van der Waals surface area contributed by atoms with Gasteiger partial charge in [-0.05, 0) is 24.6 Å². The summed E-state index contributed by atoms with van der Waals surface area (Å²) in [5.74, 6) is -3.13. The van der Waals surface area contributed by atoms with E-state index in [0.717, 1.165) is 10.5 Å². The monoisotopic (exact) mass is 478 g/mol. The molecule has 2 fully saturated rings. The summed E-state index contributed by atoms with van der Waals surface area (Å²) in [6.07, 6.45) is 0.174. The van der Waals surface area contributed by atoms with E-state index in [0.29, 0.717) is 12.2 Å². The van der Waals surface area contributed by atoms with E-state index in [1.54, 1.807) is 17.0 Å². The first-order valence-corrected chi connectivity index (χ1v) is 11.6. The van der Waals surface area contributed by atoms with Gasteiger partial charge in [-0.1, -0.05) is 48.5 Å². The molecular weight excluding hydrogens is 448 g/mol. The lowest BCUT2D eigenvalue weighted by atomic mass is 9.76. The van der Waals surface area contributed by atoms with Crippen LogP contribution >= 0.6 is 0 Å². The SMILES string of the molecule is CCN(C[C@H]1N[C@@](Cc2ccccc2)(C(=O)OC)[C@H]2C(=O)N(C)C(=O)[C@@H]12)C(=O)Nc1ccccc1. The van der Waals surface area contributed by atoms with Gasteiger partial charge in [0.05, 0.1) is 18.9 Å². The molecular formula is C26H30N4O5. The standard InChI is InChI=1S/C26H30N4O5/c1-4-30(25(34)27-18-13-9-6-10-14-18)16-19-20-21(23(32)29(2)22(20)31)26(28-19,24(33)35-3)15-17-11-7-5-8-12-17/h5-14,19-21,28H,4,15-16H2,1-3H3,(H,27,34)/t19-,20+,21-,26-/m1/s1. The fraction of sp³-hybridized carbons (Fsp3) is 0.385. The van der Waals surface area contributed by atoms with Gasteiger partial charge >= 0.3 is 12.0 Å². The van der Waals surface area contributed by atoms with E-state index in [-0.39, 0.29) is 24.9 Å². The highest BCUT2D eigenvalue weighted by molar-refractivity contribution is 6.09. The van der Waals surface area contributed by atoms with Crippen LogP contribution in [-0.2, 0) is 25.5 Å². The average Bonchev–Trinajstić information content (AvgIpc) is 3.31. The normalized spacial score (nSPS) is 25.3. The highest BCUT2D eigenvalue weighted by Crippen LogP contribution is 2.45. The van der Waals surface area contributed by atoms with E-state index in [4.69, 9.17) is 4.74 Å². The largest absolute Gasteiger partial charge is 0.468 e. The van der Waals surface area contributed by atoms with Gasteiger partial charge in [0.15, 0.2) is 0 Å². The van der Waals surface area contributed by atoms with Gasteiger partial charge in [0.1, 0.15) is 5.54 Å². The second-order valence-corrected chi connectivity index (χ2v) is 8.95. The van der Waals surface area contributed by atoms with E-state index < -0.39 is 35.3 Å². The summed E-state index contributed by atoms with van der Waals surface area (Å²) in [6.45, 7) is 2.34. The fourth-order valence-corrected chi connectivity index (χ4v) is 5.26. The average molecular weight is 479 g/mol. The van der Waals surface area contributed by atoms with E-state index in [2.05, 4.69) is 10.6 Å². The zero-order valence-electron chi connectivity index (χ0n) is 20.1. The van der Waals surface area contributed by atoms with Crippen LogP contribution < -0.4 is 10.6 Å². The quantitative estimate of drug-likeness (QED) is 0.465. The molecule has 0 unspecified atom stereocenters. The second-order valence-electron chi connectivity index (χ2n) is 8.95. The minimum absolute atomic E-state index is 0.136. The summed E-state index contributed by atoms with van der Waals surface area (Å²) < 4.78 is 5.17. The number of carbonyl (C=O) groups excluding carboxylic acids is 4. The Morgan fingerprint density at radius 3 is 2.29 bits per heavy atom. The van der Waals surface area contributed by atoms with Gasteiger partial charge < -0.3 is 15.0 Å². The van der Waals surface area contributed by atoms with Crippen LogP contribution in [0.5, 0.6) is 0 Å². The summed E-state index contributed by atoms with van der Waals surface area (Å²) in [5, 5.41) is 6.16. The zero-order chi connectivity index (χ0) is 25.2. The number of nitrogens with one attached hydrogen (secondary N) is 2. The molecule has 0 aromatic heterocycles. The van der Waals surface area contributed by atoms with E-state index in [1.165, 1.54) is 14.2 Å². The van der Waals surface area contributed by atoms with Crippen molar-refractivity contribution in [2.24, 2.45) is 11.8 Å². The third-order valence-electron chi connectivity index (χ3n) is 6.97. The topological polar surface area (TPSA) is 108 Å². The maximum atomic E-state index is 13.3. The first-order valence-electron chi connectivity index (χ1n) is 11.6. The van der Waals surface area contributed by atoms with E-state index in [1.807, 2.05) is 55.5 Å². The van der Waals surface area contributed by atoms with Gasteiger partial charge in [-0.3, -0.25) is 24.6 Å². The molecule has 35 heavy (non-hydrogen) atoms. The predicted octanol–water partition coefficient (Wildman–Crippen LogP) is 1.90. The zero-order valence-corrected chi connectivity index (χ0v) is 20.1. The smallest absolute Gasteiger partial charge is 0.327 e. The van der Waals surface area contributed by atoms with Crippen molar-refractivity contribution >= 4 is 29.5 Å². The number of para-hydroxylation sites is 1. The highest BCUT2D eigenvalue weighted by Gasteiger charge is 2.68. The Balaban J connectivity index is 1.66. The molecule has 4 atom stereocenters. The lowest BCUT2D eigenvalue weighted by Gasteiger charge is -2.33. The molecule has 4 rings (SSSR count). The first-order chi connectivity index (χ1) is 16.8. The molecule has 9 nitrogen and oxygen atoms in total. The van der Waals surface area contributed by atoms with Crippen molar-refractivity contribution in [2.75, 3.05) is 32.6 Å². The molecule has 0 bridgehead atoms. The number of amides is 4. The lowest BCUT2D eigenvalue weighted by Crippen LogP contribution is -2.59. The number of urea groups is 1. The number of rotatable bonds is 7. The van der Waals surface area contributed by atoms with Gasteiger partial charge in [-0.2, -0.15) is 0 Å². The minimum atomic E-state index is -1.43. The van der Waals surface area contributed by atoms with Crippen LogP contribution in [0.1, 0.15) is 12.5 Å². The number of likely N-dealkylation sites (tertiary alicyclic amines) is 1. The molecule has 0 radical (unpaired) electrons. The molecule has 184 valence electrons. The molecule has 2 aliphatic heterocycles. The van der Waals surface area contributed by atoms with Crippen LogP contribution in [0.4, 0.5) is 10.5 Å². The number of ether oxygens (including phenoxy) is 1. The number of methoxy groups -OCH3 is 1. The molecule has 2 aromatic rings. The molecule has 2 aromatic carbocycles. The Labute approximate surface area is 204 Å². The molecule has 2 saturated heterocycles. The fourth-order valence-electron chi connectivity index (χ4n) is 5.26. The molecule has 2 heterocycles. The van der Waals surface area contributed by atoms with Crippen molar-refractivity contribution in [1.82, 2.24) is 15.1 Å². The number of carbonyl (C=O) groups is 4. The van der Waals surface area contributed by atoms with Crippen molar-refractivity contribution in [1.29, 1.82) is 0 Å². The summed E-state index contributed by atoms with van der Waals surface area (Å²) >= 11 is 0. The molecule has 0 saturated carbocycles. The number of imide groups is 1. The Kier molecular flexibility index (Phi) is 6.88. The van der Waals surface area contributed by atoms with Crippen molar-refractivity contribution < 1.29 is 23.9 Å². The first kappa shape index (κ1) is 24.4. The van der Waals surface area contributed by atoms with Gasteiger partial charge in [-0.25, -0.2) is 4.79 Å². The number of nitrogens with zero attached hydrogens (tertiary/aromatic N) is 2. The molecule has 0 aliphatic carbocycles. The van der Waals surface area contributed by atoms with Crippen molar-refractivity contribution in [3.8, 4) is 0 Å². The van der Waals surface area contributed by atoms with Crippen molar-refractivity contribution in [3.05, 3.63) is 66.2 Å². The number of hydrogen-bond donors (Lipinski definition) is 2. The van der Waals surface area contributed by atoms with E-state index in [9.17, 15) is 19.2 Å². The molecule has 2 aliphatic rings. The number of anilines is 1. The Bertz CT molecular complexity index is 1110. The third kappa shape index (κ3) is 4.39. The van der Waals surface area contributed by atoms with Crippen LogP contribution in [0.15, 0.2) is 60.7 Å². The molecule has 9 heteroatoms. The highest BCUT2D eigenvalue weighted by atomic mass is 16.5.